The van der Waals surface area contributed by atoms with Gasteiger partial charge in [-0.25, -0.2) is 17.9 Å². The number of allylic oxidation sites excluding steroid dienone is 3. The van der Waals surface area contributed by atoms with E-state index in [9.17, 15) is 23.1 Å². The van der Waals surface area contributed by atoms with Crippen LogP contribution in [0.3, 0.4) is 0 Å². The molecule has 2 aromatic rings. The monoisotopic (exact) mass is 639 g/mol. The lowest BCUT2D eigenvalue weighted by Crippen LogP contribution is -2.47. The second-order valence-corrected chi connectivity index (χ2v) is 15.3. The number of carbonyl (C=O) groups excluding carboxylic acids is 1. The van der Waals surface area contributed by atoms with Gasteiger partial charge in [0.15, 0.2) is 15.5 Å². The molecule has 5 rings (SSSR count). The fourth-order valence-corrected chi connectivity index (χ4v) is 7.74. The summed E-state index contributed by atoms with van der Waals surface area (Å²) in [5.74, 6) is -1.07. The zero-order valence-electron chi connectivity index (χ0n) is 26.2. The molecule has 0 radical (unpaired) electrons. The largest absolute Gasteiger partial charge is 0.477 e. The van der Waals surface area contributed by atoms with Crippen LogP contribution in [0.5, 0.6) is 5.88 Å². The summed E-state index contributed by atoms with van der Waals surface area (Å²) in [5.41, 5.74) is 1.75. The molecule has 2 saturated carbocycles. The smallest absolute Gasteiger partial charge is 0.356 e. The minimum atomic E-state index is -3.16. The minimum absolute atomic E-state index is 0.107. The molecule has 1 heterocycles. The second-order valence-electron chi connectivity index (χ2n) is 13.0. The molecule has 1 aromatic carbocycles. The molecule has 1 aromatic heterocycles. The molecule has 5 atom stereocenters. The number of carboxylic acids is 1. The number of aromatic carboxylic acids is 1. The normalized spacial score (nSPS) is 27.0. The summed E-state index contributed by atoms with van der Waals surface area (Å²) in [6, 6.07) is 11.2. The summed E-state index contributed by atoms with van der Waals surface area (Å²) in [7, 11) is -3.16. The third-order valence-electron chi connectivity index (χ3n) is 9.53. The number of ether oxygens (including phenoxy) is 2. The molecular weight excluding hydrogens is 594 g/mol. The molecule has 0 saturated heterocycles. The van der Waals surface area contributed by atoms with Crippen molar-refractivity contribution in [3.05, 3.63) is 71.5 Å². The Morgan fingerprint density at radius 1 is 1.11 bits per heavy atom. The maximum absolute atomic E-state index is 13.3. The van der Waals surface area contributed by atoms with Crippen molar-refractivity contribution < 1.29 is 32.6 Å². The molecule has 244 valence electrons. The molecule has 2 fully saturated rings. The predicted molar refractivity (Wildman–Crippen MR) is 171 cm³/mol. The maximum Gasteiger partial charge on any atom is 0.356 e. The number of nitrogens with one attached hydrogen (secondary N) is 1. The summed E-state index contributed by atoms with van der Waals surface area (Å²) in [6.07, 6.45) is 15.1. The lowest BCUT2D eigenvalue weighted by molar-refractivity contribution is -0.124. The van der Waals surface area contributed by atoms with E-state index >= 15 is 0 Å². The first-order valence-electron chi connectivity index (χ1n) is 16.0. The summed E-state index contributed by atoms with van der Waals surface area (Å²) >= 11 is 0. The number of hydrogen-bond acceptors (Lipinski definition) is 7. The fourth-order valence-electron chi connectivity index (χ4n) is 6.93. The number of sulfone groups is 1. The van der Waals surface area contributed by atoms with Gasteiger partial charge >= 0.3 is 5.97 Å². The van der Waals surface area contributed by atoms with Gasteiger partial charge in [-0.1, -0.05) is 81.2 Å². The Bertz CT molecular complexity index is 1520. The van der Waals surface area contributed by atoms with Crippen molar-refractivity contribution in [3.8, 4) is 5.88 Å². The van der Waals surface area contributed by atoms with Crippen LogP contribution >= 0.6 is 0 Å². The Hall–Kier alpha value is -3.44. The standard InChI is InChI=1S/C34H45N3O7S/c1-34(19-9-8-12-27(34)25-15-17-26(18-16-25)45(2,41)42)23-44-32-20-29(33(39)40)36-37(32)21-31(38)35-28-13-6-7-14-30(28)43-22-24-10-4-3-5-11-24/h3-5,10-11,15-17,20,26-28,30H,6-9,12-14,18-19,21-23H2,1-2H3,(H,35,38)(H,39,40)/t26?,27?,28-,30-,34-/m0/s1. The molecule has 0 aliphatic heterocycles. The summed E-state index contributed by atoms with van der Waals surface area (Å²) in [5, 5.41) is 16.5. The highest BCUT2D eigenvalue weighted by Crippen LogP contribution is 2.46. The van der Waals surface area contributed by atoms with Gasteiger partial charge in [0.05, 0.1) is 30.6 Å². The van der Waals surface area contributed by atoms with Crippen LogP contribution in [0.1, 0.15) is 80.8 Å². The summed E-state index contributed by atoms with van der Waals surface area (Å²) < 4.78 is 37.9. The van der Waals surface area contributed by atoms with Crippen LogP contribution in [0.4, 0.5) is 0 Å². The molecule has 0 spiro atoms. The molecule has 0 bridgehead atoms. The topological polar surface area (TPSA) is 137 Å². The number of rotatable bonds is 12. The molecule has 11 heteroatoms. The molecule has 2 unspecified atom stereocenters. The molecule has 2 N–H and O–H groups in total. The Labute approximate surface area is 265 Å². The number of carbonyl (C=O) groups is 2. The van der Waals surface area contributed by atoms with Crippen molar-refractivity contribution in [3.63, 3.8) is 0 Å². The van der Waals surface area contributed by atoms with Crippen LogP contribution in [0.2, 0.25) is 0 Å². The number of aromatic nitrogens is 2. The lowest BCUT2D eigenvalue weighted by Gasteiger charge is -2.42. The highest BCUT2D eigenvalue weighted by Gasteiger charge is 2.40. The Morgan fingerprint density at radius 2 is 1.87 bits per heavy atom. The van der Waals surface area contributed by atoms with E-state index in [0.717, 1.165) is 62.5 Å². The molecule has 45 heavy (non-hydrogen) atoms. The van der Waals surface area contributed by atoms with Crippen LogP contribution in [0, 0.1) is 11.3 Å². The summed E-state index contributed by atoms with van der Waals surface area (Å²) in [4.78, 5) is 25.1. The average molecular weight is 640 g/mol. The van der Waals surface area contributed by atoms with E-state index < -0.39 is 21.1 Å². The number of carboxylic acid groups (broad SMARTS) is 1. The van der Waals surface area contributed by atoms with E-state index in [1.54, 1.807) is 6.08 Å². The number of benzene rings is 1. The fraction of sp³-hybridized carbons (Fsp3) is 0.559. The first-order chi connectivity index (χ1) is 21.5. The van der Waals surface area contributed by atoms with Gasteiger partial charge in [0, 0.05) is 17.7 Å². The van der Waals surface area contributed by atoms with E-state index in [1.807, 2.05) is 42.5 Å². The lowest BCUT2D eigenvalue weighted by atomic mass is 9.64. The molecule has 10 nitrogen and oxygen atoms in total. The van der Waals surface area contributed by atoms with Crippen LogP contribution in [-0.2, 0) is 32.5 Å². The van der Waals surface area contributed by atoms with Crippen LogP contribution in [-0.4, -0.2) is 65.4 Å². The van der Waals surface area contributed by atoms with E-state index in [4.69, 9.17) is 9.47 Å². The molecular formula is C34H45N3O7S. The Balaban J connectivity index is 1.24. The van der Waals surface area contributed by atoms with Gasteiger partial charge in [0.1, 0.15) is 6.54 Å². The van der Waals surface area contributed by atoms with Crippen molar-refractivity contribution >= 4 is 21.7 Å². The first-order valence-corrected chi connectivity index (χ1v) is 17.9. The SMILES string of the molecule is C[C@@]1(COc2cc(C(=O)O)nn2CC(=O)N[C@H]2CCCC[C@@H]2OCc2ccccc2)CCCCC1C1=CCC(S(C)(=O)=O)C=C1. The zero-order valence-corrected chi connectivity index (χ0v) is 27.0. The van der Waals surface area contributed by atoms with Crippen molar-refractivity contribution in [2.45, 2.75) is 95.3 Å². The minimum Gasteiger partial charge on any atom is -0.477 e. The van der Waals surface area contributed by atoms with Gasteiger partial charge in [-0.15, -0.1) is 0 Å². The van der Waals surface area contributed by atoms with Crippen molar-refractivity contribution in [1.29, 1.82) is 0 Å². The van der Waals surface area contributed by atoms with Crippen molar-refractivity contribution in [2.24, 2.45) is 11.3 Å². The van der Waals surface area contributed by atoms with Crippen LogP contribution in [0.25, 0.3) is 0 Å². The van der Waals surface area contributed by atoms with Crippen molar-refractivity contribution in [1.82, 2.24) is 15.1 Å². The van der Waals surface area contributed by atoms with Gasteiger partial charge in [-0.2, -0.15) is 5.10 Å². The van der Waals surface area contributed by atoms with Crippen LogP contribution < -0.4 is 10.1 Å². The van der Waals surface area contributed by atoms with Gasteiger partial charge < -0.3 is 19.9 Å². The van der Waals surface area contributed by atoms with Gasteiger partial charge in [-0.05, 0) is 49.2 Å². The quantitative estimate of drug-likeness (QED) is 0.327. The van der Waals surface area contributed by atoms with E-state index in [2.05, 4.69) is 17.3 Å². The van der Waals surface area contributed by atoms with E-state index in [-0.39, 0.29) is 47.5 Å². The zero-order chi connectivity index (χ0) is 32.0. The maximum atomic E-state index is 13.3. The number of amides is 1. The van der Waals surface area contributed by atoms with Crippen LogP contribution in [0.15, 0.2) is 60.2 Å². The van der Waals surface area contributed by atoms with Gasteiger partial charge in [0.2, 0.25) is 11.8 Å². The Morgan fingerprint density at radius 3 is 2.58 bits per heavy atom. The van der Waals surface area contributed by atoms with E-state index in [1.165, 1.54) is 17.0 Å². The number of nitrogens with zero attached hydrogens (tertiary/aromatic N) is 2. The third-order valence-corrected chi connectivity index (χ3v) is 11.0. The predicted octanol–water partition coefficient (Wildman–Crippen LogP) is 5.10. The van der Waals surface area contributed by atoms with Gasteiger partial charge in [-0.3, -0.25) is 4.79 Å². The second kappa shape index (κ2) is 14.3. The number of hydrogen-bond donors (Lipinski definition) is 2. The molecule has 3 aliphatic rings. The summed E-state index contributed by atoms with van der Waals surface area (Å²) in [6.45, 7) is 2.77. The highest BCUT2D eigenvalue weighted by molar-refractivity contribution is 7.91. The van der Waals surface area contributed by atoms with Crippen molar-refractivity contribution in [2.75, 3.05) is 12.9 Å². The molecule has 1 amide bonds. The van der Waals surface area contributed by atoms with Gasteiger partial charge in [0.25, 0.3) is 0 Å². The highest BCUT2D eigenvalue weighted by atomic mass is 32.2. The third kappa shape index (κ3) is 8.43. The molecule has 3 aliphatic carbocycles. The Kier molecular flexibility index (Phi) is 10.5. The average Bonchev–Trinajstić information content (AvgIpc) is 3.43. The van der Waals surface area contributed by atoms with E-state index in [0.29, 0.717) is 19.6 Å². The first kappa shape index (κ1) is 32.9.